The fraction of sp³-hybridized carbons (Fsp3) is 0.909. The highest BCUT2D eigenvalue weighted by atomic mass is 19.3. The quantitative estimate of drug-likeness (QED) is 0.476. The lowest BCUT2D eigenvalue weighted by molar-refractivity contribution is -0.0715. The van der Waals surface area contributed by atoms with Gasteiger partial charge in [-0.25, -0.2) is 13.6 Å². The van der Waals surface area contributed by atoms with Crippen molar-refractivity contribution in [1.82, 2.24) is 5.32 Å². The molecule has 0 aromatic heterocycles. The molecule has 0 heterocycles. The summed E-state index contributed by atoms with van der Waals surface area (Å²) in [4.78, 5) is 14.1. The second kappa shape index (κ2) is 5.61. The Morgan fingerprint density at radius 1 is 1.53 bits per heavy atom. The number of amides is 1. The number of alkyl halides is 2. The number of halogens is 2. The molecule has 1 rings (SSSR count). The maximum atomic E-state index is 13.8. The summed E-state index contributed by atoms with van der Waals surface area (Å²) in [6.45, 7) is 4.91. The third-order valence-electron chi connectivity index (χ3n) is 2.72. The number of nitrogens with zero attached hydrogens (tertiary/aromatic N) is 3. The van der Waals surface area contributed by atoms with Gasteiger partial charge in [-0.1, -0.05) is 5.11 Å². The summed E-state index contributed by atoms with van der Waals surface area (Å²) in [5, 5.41) is 5.47. The van der Waals surface area contributed by atoms with E-state index in [0.717, 1.165) is 0 Å². The molecule has 0 aromatic carbocycles. The average molecular weight is 276 g/mol. The molecule has 0 spiro atoms. The minimum atomic E-state index is -3.10. The van der Waals surface area contributed by atoms with Gasteiger partial charge in [0.05, 0.1) is 6.04 Å². The highest BCUT2D eigenvalue weighted by molar-refractivity contribution is 5.68. The first-order valence-corrected chi connectivity index (χ1v) is 6.07. The number of azide groups is 1. The molecular weight excluding hydrogens is 258 g/mol. The summed E-state index contributed by atoms with van der Waals surface area (Å²) in [6, 6.07) is -2.48. The normalized spacial score (nSPS) is 26.2. The fourth-order valence-corrected chi connectivity index (χ4v) is 1.98. The van der Waals surface area contributed by atoms with E-state index >= 15 is 0 Å². The van der Waals surface area contributed by atoms with Gasteiger partial charge >= 0.3 is 6.09 Å². The van der Waals surface area contributed by atoms with Crippen LogP contribution in [-0.4, -0.2) is 29.7 Å². The van der Waals surface area contributed by atoms with Crippen molar-refractivity contribution in [3.8, 4) is 0 Å². The number of carbonyl (C=O) groups excluding carboxylic acids is 1. The molecule has 1 aliphatic carbocycles. The van der Waals surface area contributed by atoms with Crippen LogP contribution in [0.2, 0.25) is 0 Å². The van der Waals surface area contributed by atoms with Crippen molar-refractivity contribution in [1.29, 1.82) is 0 Å². The zero-order valence-electron chi connectivity index (χ0n) is 11.2. The Balaban J connectivity index is 2.79. The zero-order chi connectivity index (χ0) is 14.7. The molecule has 2 atom stereocenters. The topological polar surface area (TPSA) is 87.1 Å². The Kier molecular flexibility index (Phi) is 4.57. The Morgan fingerprint density at radius 2 is 2.16 bits per heavy atom. The molecule has 0 aromatic rings. The van der Waals surface area contributed by atoms with Crippen molar-refractivity contribution >= 4 is 6.09 Å². The maximum absolute atomic E-state index is 13.8. The van der Waals surface area contributed by atoms with Crippen molar-refractivity contribution < 1.29 is 18.3 Å². The largest absolute Gasteiger partial charge is 0.444 e. The van der Waals surface area contributed by atoms with E-state index in [9.17, 15) is 13.6 Å². The lowest BCUT2D eigenvalue weighted by Gasteiger charge is -2.36. The molecule has 1 aliphatic rings. The van der Waals surface area contributed by atoms with Crippen molar-refractivity contribution in [2.24, 2.45) is 5.11 Å². The van der Waals surface area contributed by atoms with Gasteiger partial charge in [-0.05, 0) is 39.1 Å². The molecule has 1 fully saturated rings. The van der Waals surface area contributed by atoms with E-state index in [1.807, 2.05) is 0 Å². The van der Waals surface area contributed by atoms with Crippen LogP contribution in [0.4, 0.5) is 13.6 Å². The van der Waals surface area contributed by atoms with Gasteiger partial charge in [0, 0.05) is 11.3 Å². The van der Waals surface area contributed by atoms with E-state index in [4.69, 9.17) is 10.3 Å². The molecule has 19 heavy (non-hydrogen) atoms. The number of hydrogen-bond acceptors (Lipinski definition) is 3. The molecule has 0 aliphatic heterocycles. The van der Waals surface area contributed by atoms with Gasteiger partial charge in [0.2, 0.25) is 0 Å². The molecule has 108 valence electrons. The number of ether oxygens (including phenoxy) is 1. The molecule has 1 saturated carbocycles. The van der Waals surface area contributed by atoms with Gasteiger partial charge in [-0.3, -0.25) is 0 Å². The molecule has 8 heteroatoms. The Bertz CT molecular complexity index is 389. The predicted molar refractivity (Wildman–Crippen MR) is 64.9 cm³/mol. The summed E-state index contributed by atoms with van der Waals surface area (Å²) >= 11 is 0. The molecule has 1 unspecified atom stereocenters. The van der Waals surface area contributed by atoms with Crippen molar-refractivity contribution in [3.05, 3.63) is 10.4 Å². The van der Waals surface area contributed by atoms with Crippen molar-refractivity contribution in [3.63, 3.8) is 0 Å². The highest BCUT2D eigenvalue weighted by Crippen LogP contribution is 2.35. The third-order valence-corrected chi connectivity index (χ3v) is 2.72. The van der Waals surface area contributed by atoms with E-state index in [1.54, 1.807) is 20.8 Å². The van der Waals surface area contributed by atoms with Gasteiger partial charge in [-0.15, -0.1) is 0 Å². The second-order valence-corrected chi connectivity index (χ2v) is 5.55. The SMILES string of the molecule is CC(C)(C)OC(=O)N[C@H]1C(N=[N+]=[N-])CCCC1(F)F. The molecule has 1 N–H and O–H groups in total. The maximum Gasteiger partial charge on any atom is 0.408 e. The smallest absolute Gasteiger partial charge is 0.408 e. The van der Waals surface area contributed by atoms with Crippen LogP contribution in [0, 0.1) is 0 Å². The Labute approximate surface area is 110 Å². The van der Waals surface area contributed by atoms with Gasteiger partial charge in [0.15, 0.2) is 0 Å². The van der Waals surface area contributed by atoms with E-state index < -0.39 is 29.7 Å². The number of hydrogen-bond donors (Lipinski definition) is 1. The van der Waals surface area contributed by atoms with Crippen LogP contribution < -0.4 is 5.32 Å². The third kappa shape index (κ3) is 4.55. The monoisotopic (exact) mass is 276 g/mol. The summed E-state index contributed by atoms with van der Waals surface area (Å²) < 4.78 is 32.5. The average Bonchev–Trinajstić information content (AvgIpc) is 2.20. The first kappa shape index (κ1) is 15.5. The molecule has 0 bridgehead atoms. The first-order valence-electron chi connectivity index (χ1n) is 6.07. The van der Waals surface area contributed by atoms with Crippen molar-refractivity contribution in [2.45, 2.75) is 63.6 Å². The number of alkyl carbamates (subject to hydrolysis) is 1. The summed E-state index contributed by atoms with van der Waals surface area (Å²) in [5.74, 6) is -3.10. The van der Waals surface area contributed by atoms with Crippen LogP contribution in [0.25, 0.3) is 10.4 Å². The highest BCUT2D eigenvalue weighted by Gasteiger charge is 2.48. The number of rotatable bonds is 2. The van der Waals surface area contributed by atoms with Crippen LogP contribution in [-0.2, 0) is 4.74 Å². The summed E-state index contributed by atoms with van der Waals surface area (Å²) in [7, 11) is 0. The Morgan fingerprint density at radius 3 is 2.68 bits per heavy atom. The molecular formula is C11H18F2N4O2. The molecule has 1 amide bonds. The van der Waals surface area contributed by atoms with Gasteiger partial charge in [0.1, 0.15) is 11.6 Å². The van der Waals surface area contributed by atoms with Crippen LogP contribution in [0.5, 0.6) is 0 Å². The lowest BCUT2D eigenvalue weighted by atomic mass is 9.87. The van der Waals surface area contributed by atoms with E-state index in [-0.39, 0.29) is 12.8 Å². The fourth-order valence-electron chi connectivity index (χ4n) is 1.98. The zero-order valence-corrected chi connectivity index (χ0v) is 11.2. The molecule has 0 saturated heterocycles. The van der Waals surface area contributed by atoms with Gasteiger partial charge in [-0.2, -0.15) is 0 Å². The van der Waals surface area contributed by atoms with Crippen LogP contribution in [0.1, 0.15) is 40.0 Å². The van der Waals surface area contributed by atoms with Gasteiger partial charge in [0.25, 0.3) is 5.92 Å². The second-order valence-electron chi connectivity index (χ2n) is 5.55. The van der Waals surface area contributed by atoms with E-state index in [2.05, 4.69) is 15.3 Å². The number of nitrogens with one attached hydrogen (secondary N) is 1. The predicted octanol–water partition coefficient (Wildman–Crippen LogP) is 3.38. The van der Waals surface area contributed by atoms with Crippen LogP contribution in [0.3, 0.4) is 0 Å². The van der Waals surface area contributed by atoms with Crippen LogP contribution in [0.15, 0.2) is 5.11 Å². The Hall–Kier alpha value is -1.56. The molecule has 0 radical (unpaired) electrons. The lowest BCUT2D eigenvalue weighted by Crippen LogP contribution is -2.56. The van der Waals surface area contributed by atoms with Gasteiger partial charge < -0.3 is 10.1 Å². The summed E-state index contributed by atoms with van der Waals surface area (Å²) in [5.41, 5.74) is 7.62. The van der Waals surface area contributed by atoms with E-state index in [0.29, 0.717) is 6.42 Å². The standard InChI is InChI=1S/C11H18F2N4O2/c1-10(2,3)19-9(18)15-8-7(16-17-14)5-4-6-11(8,12)13/h7-8H,4-6H2,1-3H3,(H,15,18)/t7?,8-/m0/s1. The summed E-state index contributed by atoms with van der Waals surface area (Å²) in [6.07, 6.45) is -0.703. The minimum Gasteiger partial charge on any atom is -0.444 e. The van der Waals surface area contributed by atoms with Crippen LogP contribution >= 0.6 is 0 Å². The van der Waals surface area contributed by atoms with E-state index in [1.165, 1.54) is 0 Å². The number of carbonyl (C=O) groups is 1. The first-order chi connectivity index (χ1) is 8.65. The molecule has 6 nitrogen and oxygen atoms in total. The van der Waals surface area contributed by atoms with Crippen molar-refractivity contribution in [2.75, 3.05) is 0 Å². The minimum absolute atomic E-state index is 0.253.